The molecule has 0 amide bonds. The summed E-state index contributed by atoms with van der Waals surface area (Å²) in [7, 11) is 1.99. The second-order valence-corrected chi connectivity index (χ2v) is 5.24. The van der Waals surface area contributed by atoms with Crippen molar-refractivity contribution in [3.8, 4) is 0 Å². The third kappa shape index (κ3) is 4.74. The van der Waals surface area contributed by atoms with E-state index in [1.807, 2.05) is 7.05 Å². The van der Waals surface area contributed by atoms with Crippen LogP contribution in [0.4, 0.5) is 0 Å². The standard InChI is InChI=1S/C16H25N/c1-12(2)10-15-6-8-16(9-7-15)11-13(3)14(4)17-5/h6-9,11-12,14,17H,10H2,1-5H3/b13-11+. The molecule has 0 aliphatic carbocycles. The van der Waals surface area contributed by atoms with Gasteiger partial charge in [-0.15, -0.1) is 0 Å². The molecule has 0 spiro atoms. The van der Waals surface area contributed by atoms with Gasteiger partial charge in [-0.1, -0.05) is 49.8 Å². The maximum atomic E-state index is 3.25. The molecule has 0 bridgehead atoms. The van der Waals surface area contributed by atoms with Crippen LogP contribution in [0.3, 0.4) is 0 Å². The van der Waals surface area contributed by atoms with E-state index in [1.54, 1.807) is 0 Å². The zero-order valence-corrected chi connectivity index (χ0v) is 11.7. The van der Waals surface area contributed by atoms with Crippen LogP contribution in [-0.4, -0.2) is 13.1 Å². The first-order chi connectivity index (χ1) is 8.02. The normalized spacial score (nSPS) is 14.1. The van der Waals surface area contributed by atoms with Crippen molar-refractivity contribution in [2.24, 2.45) is 5.92 Å². The summed E-state index contributed by atoms with van der Waals surface area (Å²) in [5, 5.41) is 3.25. The van der Waals surface area contributed by atoms with E-state index in [9.17, 15) is 0 Å². The monoisotopic (exact) mass is 231 g/mol. The first-order valence-corrected chi connectivity index (χ1v) is 6.47. The lowest BCUT2D eigenvalue weighted by atomic mass is 10.0. The van der Waals surface area contributed by atoms with E-state index >= 15 is 0 Å². The molecule has 1 rings (SSSR count). The summed E-state index contributed by atoms with van der Waals surface area (Å²) >= 11 is 0. The van der Waals surface area contributed by atoms with E-state index in [1.165, 1.54) is 16.7 Å². The summed E-state index contributed by atoms with van der Waals surface area (Å²) in [5.74, 6) is 0.724. The number of likely N-dealkylation sites (N-methyl/N-ethyl adjacent to an activating group) is 1. The molecule has 17 heavy (non-hydrogen) atoms. The Balaban J connectivity index is 2.74. The second kappa shape index (κ2) is 6.61. The predicted octanol–water partition coefficient (Wildman–Crippen LogP) is 3.90. The Labute approximate surface area is 106 Å². The first-order valence-electron chi connectivity index (χ1n) is 6.47. The molecule has 94 valence electrons. The van der Waals surface area contributed by atoms with Crippen LogP contribution in [0.1, 0.15) is 38.8 Å². The van der Waals surface area contributed by atoms with Gasteiger partial charge in [-0.25, -0.2) is 0 Å². The smallest absolute Gasteiger partial charge is 0.0248 e. The van der Waals surface area contributed by atoms with Gasteiger partial charge in [-0.05, 0) is 44.4 Å². The quantitative estimate of drug-likeness (QED) is 0.810. The van der Waals surface area contributed by atoms with Crippen LogP contribution in [-0.2, 0) is 6.42 Å². The Morgan fingerprint density at radius 2 is 1.76 bits per heavy atom. The lowest BCUT2D eigenvalue weighted by molar-refractivity contribution is 0.647. The predicted molar refractivity (Wildman–Crippen MR) is 77.2 cm³/mol. The molecule has 0 saturated carbocycles. The largest absolute Gasteiger partial charge is 0.314 e. The van der Waals surface area contributed by atoms with Gasteiger partial charge in [0.2, 0.25) is 0 Å². The van der Waals surface area contributed by atoms with Crippen LogP contribution in [0.25, 0.3) is 6.08 Å². The van der Waals surface area contributed by atoms with Gasteiger partial charge in [-0.3, -0.25) is 0 Å². The fourth-order valence-corrected chi connectivity index (χ4v) is 1.84. The van der Waals surface area contributed by atoms with Crippen molar-refractivity contribution in [3.63, 3.8) is 0 Å². The van der Waals surface area contributed by atoms with Gasteiger partial charge in [0.05, 0.1) is 0 Å². The summed E-state index contributed by atoms with van der Waals surface area (Å²) < 4.78 is 0. The molecule has 1 atom stereocenters. The molecule has 1 heteroatoms. The van der Waals surface area contributed by atoms with Gasteiger partial charge in [0.1, 0.15) is 0 Å². The molecule has 1 nitrogen and oxygen atoms in total. The average molecular weight is 231 g/mol. The summed E-state index contributed by atoms with van der Waals surface area (Å²) in [6.45, 7) is 8.86. The molecule has 0 aliphatic rings. The molecule has 0 aromatic heterocycles. The number of nitrogens with one attached hydrogen (secondary N) is 1. The van der Waals surface area contributed by atoms with Gasteiger partial charge in [0, 0.05) is 6.04 Å². The molecular weight excluding hydrogens is 206 g/mol. The van der Waals surface area contributed by atoms with E-state index in [0.29, 0.717) is 6.04 Å². The second-order valence-electron chi connectivity index (χ2n) is 5.24. The molecule has 1 aromatic rings. The number of hydrogen-bond acceptors (Lipinski definition) is 1. The topological polar surface area (TPSA) is 12.0 Å². The molecule has 1 unspecified atom stereocenters. The summed E-state index contributed by atoms with van der Waals surface area (Å²) in [5.41, 5.74) is 4.08. The Bertz CT molecular complexity index is 360. The van der Waals surface area contributed by atoms with E-state index < -0.39 is 0 Å². The molecular formula is C16H25N. The minimum atomic E-state index is 0.436. The Morgan fingerprint density at radius 1 is 1.18 bits per heavy atom. The molecule has 0 fully saturated rings. The zero-order chi connectivity index (χ0) is 12.8. The van der Waals surface area contributed by atoms with Crippen molar-refractivity contribution in [2.75, 3.05) is 7.05 Å². The van der Waals surface area contributed by atoms with Gasteiger partial charge in [0.15, 0.2) is 0 Å². The summed E-state index contributed by atoms with van der Waals surface area (Å²) in [6, 6.07) is 9.34. The van der Waals surface area contributed by atoms with E-state index in [0.717, 1.165) is 12.3 Å². The highest BCUT2D eigenvalue weighted by atomic mass is 14.8. The van der Waals surface area contributed by atoms with Crippen LogP contribution >= 0.6 is 0 Å². The van der Waals surface area contributed by atoms with Crippen molar-refractivity contribution in [1.82, 2.24) is 5.32 Å². The molecule has 0 aliphatic heterocycles. The zero-order valence-electron chi connectivity index (χ0n) is 11.7. The average Bonchev–Trinajstić information content (AvgIpc) is 2.30. The fraction of sp³-hybridized carbons (Fsp3) is 0.500. The van der Waals surface area contributed by atoms with Gasteiger partial charge >= 0.3 is 0 Å². The molecule has 0 saturated heterocycles. The highest BCUT2D eigenvalue weighted by Gasteiger charge is 2.01. The minimum Gasteiger partial charge on any atom is -0.314 e. The van der Waals surface area contributed by atoms with E-state index in [2.05, 4.69) is 63.4 Å². The van der Waals surface area contributed by atoms with E-state index in [4.69, 9.17) is 0 Å². The van der Waals surface area contributed by atoms with Gasteiger partial charge in [0.25, 0.3) is 0 Å². The maximum Gasteiger partial charge on any atom is 0.0248 e. The molecule has 1 aromatic carbocycles. The number of hydrogen-bond donors (Lipinski definition) is 1. The first kappa shape index (κ1) is 14.0. The van der Waals surface area contributed by atoms with Crippen molar-refractivity contribution in [1.29, 1.82) is 0 Å². The molecule has 0 radical (unpaired) electrons. The lowest BCUT2D eigenvalue weighted by Gasteiger charge is -2.11. The highest BCUT2D eigenvalue weighted by Crippen LogP contribution is 2.13. The molecule has 0 heterocycles. The minimum absolute atomic E-state index is 0.436. The van der Waals surface area contributed by atoms with Crippen LogP contribution in [0, 0.1) is 5.92 Å². The third-order valence-corrected chi connectivity index (χ3v) is 3.13. The Hall–Kier alpha value is -1.08. The SMILES string of the molecule is CNC(C)/C(C)=C/c1ccc(CC(C)C)cc1. The van der Waals surface area contributed by atoms with Crippen LogP contribution < -0.4 is 5.32 Å². The third-order valence-electron chi connectivity index (χ3n) is 3.13. The summed E-state index contributed by atoms with van der Waals surface area (Å²) in [6.07, 6.45) is 3.41. The van der Waals surface area contributed by atoms with Crippen molar-refractivity contribution in [2.45, 2.75) is 40.2 Å². The lowest BCUT2D eigenvalue weighted by Crippen LogP contribution is -2.21. The Morgan fingerprint density at radius 3 is 2.24 bits per heavy atom. The summed E-state index contributed by atoms with van der Waals surface area (Å²) in [4.78, 5) is 0. The number of benzene rings is 1. The van der Waals surface area contributed by atoms with Gasteiger partial charge < -0.3 is 5.32 Å². The van der Waals surface area contributed by atoms with E-state index in [-0.39, 0.29) is 0 Å². The molecule has 1 N–H and O–H groups in total. The Kier molecular flexibility index (Phi) is 5.43. The van der Waals surface area contributed by atoms with Gasteiger partial charge in [-0.2, -0.15) is 0 Å². The fourth-order valence-electron chi connectivity index (χ4n) is 1.84. The van der Waals surface area contributed by atoms with Crippen LogP contribution in [0.5, 0.6) is 0 Å². The highest BCUT2D eigenvalue weighted by molar-refractivity contribution is 5.53. The maximum absolute atomic E-state index is 3.25. The van der Waals surface area contributed by atoms with Crippen molar-refractivity contribution in [3.05, 3.63) is 41.0 Å². The van der Waals surface area contributed by atoms with Crippen LogP contribution in [0.15, 0.2) is 29.8 Å². The van der Waals surface area contributed by atoms with Crippen LogP contribution in [0.2, 0.25) is 0 Å². The van der Waals surface area contributed by atoms with Crippen molar-refractivity contribution >= 4 is 6.08 Å². The number of rotatable bonds is 5. The van der Waals surface area contributed by atoms with Crippen molar-refractivity contribution < 1.29 is 0 Å².